The van der Waals surface area contributed by atoms with E-state index in [1.165, 1.54) is 6.92 Å². The molecule has 0 saturated carbocycles. The molecule has 0 spiro atoms. The Labute approximate surface area is 118 Å². The Bertz CT molecular complexity index is 437. The van der Waals surface area contributed by atoms with Crippen molar-refractivity contribution in [3.8, 4) is 0 Å². The predicted molar refractivity (Wildman–Crippen MR) is 75.2 cm³/mol. The molecule has 0 N–H and O–H groups in total. The molecule has 19 heavy (non-hydrogen) atoms. The maximum Gasteiger partial charge on any atom is 0.316 e. The molecular formula is C15H19ClO3. The number of hydrogen-bond donors (Lipinski definition) is 0. The highest BCUT2D eigenvalue weighted by Crippen LogP contribution is 2.16. The van der Waals surface area contributed by atoms with Crippen LogP contribution in [-0.4, -0.2) is 17.9 Å². The first-order valence-corrected chi connectivity index (χ1v) is 6.73. The van der Waals surface area contributed by atoms with Gasteiger partial charge in [-0.25, -0.2) is 0 Å². The summed E-state index contributed by atoms with van der Waals surface area (Å²) < 4.78 is 5.10. The van der Waals surface area contributed by atoms with Gasteiger partial charge in [0.25, 0.3) is 0 Å². The molecule has 1 aromatic carbocycles. The highest BCUT2D eigenvalue weighted by atomic mass is 35.5. The number of ether oxygens (including phenoxy) is 1. The van der Waals surface area contributed by atoms with Gasteiger partial charge in [-0.2, -0.15) is 0 Å². The van der Waals surface area contributed by atoms with E-state index in [0.717, 1.165) is 5.56 Å². The minimum absolute atomic E-state index is 0.153. The van der Waals surface area contributed by atoms with Gasteiger partial charge < -0.3 is 4.74 Å². The van der Waals surface area contributed by atoms with Crippen molar-refractivity contribution in [1.82, 2.24) is 0 Å². The fraction of sp³-hybridized carbons (Fsp3) is 0.467. The SMILES string of the molecule is CC(=O)C(CCc1ccc(Cl)cc1)C(=O)OC(C)C. The lowest BCUT2D eigenvalue weighted by Crippen LogP contribution is -2.27. The Balaban J connectivity index is 2.61. The summed E-state index contributed by atoms with van der Waals surface area (Å²) >= 11 is 5.80. The van der Waals surface area contributed by atoms with Crippen LogP contribution in [0.2, 0.25) is 5.02 Å². The molecule has 1 unspecified atom stereocenters. The average Bonchev–Trinajstić information content (AvgIpc) is 2.30. The number of halogens is 1. The van der Waals surface area contributed by atoms with E-state index in [0.29, 0.717) is 17.9 Å². The first kappa shape index (κ1) is 15.7. The van der Waals surface area contributed by atoms with E-state index in [4.69, 9.17) is 16.3 Å². The summed E-state index contributed by atoms with van der Waals surface area (Å²) in [5.74, 6) is -1.27. The van der Waals surface area contributed by atoms with Crippen molar-refractivity contribution in [2.75, 3.05) is 0 Å². The Morgan fingerprint density at radius 1 is 1.21 bits per heavy atom. The molecule has 1 rings (SSSR count). The Kier molecular flexibility index (Phi) is 6.03. The van der Waals surface area contributed by atoms with Gasteiger partial charge in [-0.1, -0.05) is 23.7 Å². The molecule has 104 valence electrons. The van der Waals surface area contributed by atoms with Crippen LogP contribution in [0.4, 0.5) is 0 Å². The molecule has 0 aliphatic heterocycles. The van der Waals surface area contributed by atoms with Crippen molar-refractivity contribution < 1.29 is 14.3 Å². The zero-order valence-electron chi connectivity index (χ0n) is 11.5. The Hall–Kier alpha value is -1.35. The van der Waals surface area contributed by atoms with Crippen molar-refractivity contribution in [3.63, 3.8) is 0 Å². The van der Waals surface area contributed by atoms with Gasteiger partial charge in [0.2, 0.25) is 0 Å². The van der Waals surface area contributed by atoms with Crippen LogP contribution in [0.25, 0.3) is 0 Å². The molecule has 1 atom stereocenters. The first-order valence-electron chi connectivity index (χ1n) is 6.35. The van der Waals surface area contributed by atoms with Crippen LogP contribution < -0.4 is 0 Å². The zero-order valence-corrected chi connectivity index (χ0v) is 12.2. The number of esters is 1. The van der Waals surface area contributed by atoms with Gasteiger partial charge >= 0.3 is 5.97 Å². The summed E-state index contributed by atoms with van der Waals surface area (Å²) in [4.78, 5) is 23.3. The molecule has 0 amide bonds. The van der Waals surface area contributed by atoms with Gasteiger partial charge in [0.15, 0.2) is 0 Å². The largest absolute Gasteiger partial charge is 0.462 e. The molecule has 0 bridgehead atoms. The van der Waals surface area contributed by atoms with Gasteiger partial charge in [0.1, 0.15) is 11.7 Å². The molecule has 0 aliphatic rings. The fourth-order valence-electron chi connectivity index (χ4n) is 1.76. The van der Waals surface area contributed by atoms with Crippen LogP contribution in [0.15, 0.2) is 24.3 Å². The summed E-state index contributed by atoms with van der Waals surface area (Å²) in [6.07, 6.45) is 0.904. The highest BCUT2D eigenvalue weighted by Gasteiger charge is 2.25. The first-order chi connectivity index (χ1) is 8.90. The second kappa shape index (κ2) is 7.29. The van der Waals surface area contributed by atoms with Gasteiger partial charge in [0.05, 0.1) is 6.10 Å². The van der Waals surface area contributed by atoms with Crippen LogP contribution in [0.1, 0.15) is 32.8 Å². The predicted octanol–water partition coefficient (Wildman–Crippen LogP) is 3.43. The van der Waals surface area contributed by atoms with Crippen molar-refractivity contribution in [2.45, 2.75) is 39.7 Å². The second-order valence-electron chi connectivity index (χ2n) is 4.81. The quantitative estimate of drug-likeness (QED) is 0.593. The van der Waals surface area contributed by atoms with Crippen molar-refractivity contribution in [3.05, 3.63) is 34.9 Å². The van der Waals surface area contributed by atoms with E-state index >= 15 is 0 Å². The normalized spacial score (nSPS) is 12.3. The standard InChI is InChI=1S/C15H19ClO3/c1-10(2)19-15(18)14(11(3)17)9-6-12-4-7-13(16)8-5-12/h4-5,7-8,10,14H,6,9H2,1-3H3. The van der Waals surface area contributed by atoms with Gasteiger partial charge in [-0.05, 0) is 51.3 Å². The van der Waals surface area contributed by atoms with E-state index < -0.39 is 11.9 Å². The van der Waals surface area contributed by atoms with Crippen LogP contribution in [0.3, 0.4) is 0 Å². The molecule has 0 aliphatic carbocycles. The van der Waals surface area contributed by atoms with Crippen LogP contribution in [-0.2, 0) is 20.7 Å². The number of hydrogen-bond acceptors (Lipinski definition) is 3. The average molecular weight is 283 g/mol. The van der Waals surface area contributed by atoms with E-state index in [1.807, 2.05) is 12.1 Å². The van der Waals surface area contributed by atoms with E-state index in [-0.39, 0.29) is 11.9 Å². The number of benzene rings is 1. The summed E-state index contributed by atoms with van der Waals surface area (Å²) in [5.41, 5.74) is 1.05. The molecule has 4 heteroatoms. The molecule has 1 aromatic rings. The third-order valence-corrected chi connectivity index (χ3v) is 3.01. The maximum atomic E-state index is 11.8. The van der Waals surface area contributed by atoms with Gasteiger partial charge in [0, 0.05) is 5.02 Å². The lowest BCUT2D eigenvalue weighted by molar-refractivity contribution is -0.155. The van der Waals surface area contributed by atoms with E-state index in [1.54, 1.807) is 26.0 Å². The summed E-state index contributed by atoms with van der Waals surface area (Å²) in [6.45, 7) is 4.97. The summed E-state index contributed by atoms with van der Waals surface area (Å²) in [5, 5.41) is 0.672. The van der Waals surface area contributed by atoms with Crippen LogP contribution in [0.5, 0.6) is 0 Å². The minimum atomic E-state index is -0.682. The number of Topliss-reactive ketones (excluding diaryl/α,β-unsaturated/α-hetero) is 1. The summed E-state index contributed by atoms with van der Waals surface area (Å²) in [7, 11) is 0. The van der Waals surface area contributed by atoms with Gasteiger partial charge in [-0.15, -0.1) is 0 Å². The number of ketones is 1. The zero-order chi connectivity index (χ0) is 14.4. The van der Waals surface area contributed by atoms with E-state index in [9.17, 15) is 9.59 Å². The van der Waals surface area contributed by atoms with Crippen molar-refractivity contribution >= 4 is 23.4 Å². The molecule has 3 nitrogen and oxygen atoms in total. The number of carbonyl (C=O) groups is 2. The van der Waals surface area contributed by atoms with E-state index in [2.05, 4.69) is 0 Å². The van der Waals surface area contributed by atoms with Crippen molar-refractivity contribution in [1.29, 1.82) is 0 Å². The number of aryl methyl sites for hydroxylation is 1. The smallest absolute Gasteiger partial charge is 0.316 e. The minimum Gasteiger partial charge on any atom is -0.462 e. The van der Waals surface area contributed by atoms with Crippen LogP contribution in [0, 0.1) is 5.92 Å². The molecule has 0 fully saturated rings. The maximum absolute atomic E-state index is 11.8. The third-order valence-electron chi connectivity index (χ3n) is 2.76. The fourth-order valence-corrected chi connectivity index (χ4v) is 1.89. The van der Waals surface area contributed by atoms with Crippen LogP contribution >= 0.6 is 11.6 Å². The monoisotopic (exact) mass is 282 g/mol. The third kappa shape index (κ3) is 5.43. The molecule has 0 saturated heterocycles. The number of rotatable bonds is 6. The lowest BCUT2D eigenvalue weighted by atomic mass is 9.96. The topological polar surface area (TPSA) is 43.4 Å². The Morgan fingerprint density at radius 2 is 1.79 bits per heavy atom. The molecule has 0 heterocycles. The molecular weight excluding hydrogens is 264 g/mol. The summed E-state index contributed by atoms with van der Waals surface area (Å²) in [6, 6.07) is 7.39. The highest BCUT2D eigenvalue weighted by molar-refractivity contribution is 6.30. The van der Waals surface area contributed by atoms with Gasteiger partial charge in [-0.3, -0.25) is 9.59 Å². The Morgan fingerprint density at radius 3 is 2.26 bits per heavy atom. The second-order valence-corrected chi connectivity index (χ2v) is 5.25. The van der Waals surface area contributed by atoms with Crippen molar-refractivity contribution in [2.24, 2.45) is 5.92 Å². The molecule has 0 radical (unpaired) electrons. The molecule has 0 aromatic heterocycles. The number of carbonyl (C=O) groups excluding carboxylic acids is 2. The lowest BCUT2D eigenvalue weighted by Gasteiger charge is -2.15.